The number of aliphatic hydroxyl groups is 4. The van der Waals surface area contributed by atoms with Gasteiger partial charge in [0, 0.05) is 39.3 Å². The topological polar surface area (TPSA) is 124 Å². The maximum Gasteiger partial charge on any atom is 0.0900 e. The molecule has 0 saturated heterocycles. The van der Waals surface area contributed by atoms with Gasteiger partial charge in [-0.25, -0.2) is 0 Å². The Balaban J connectivity index is 2.87. The highest BCUT2D eigenvalue weighted by atomic mass is 16.5. The zero-order valence-corrected chi connectivity index (χ0v) is 25.0. The summed E-state index contributed by atoms with van der Waals surface area (Å²) in [5.41, 5.74) is 2.00. The van der Waals surface area contributed by atoms with Crippen molar-refractivity contribution in [1.29, 1.82) is 0 Å². The summed E-state index contributed by atoms with van der Waals surface area (Å²) in [6, 6.07) is 7.98. The molecule has 238 valence electrons. The van der Waals surface area contributed by atoms with Crippen LogP contribution in [0.1, 0.15) is 11.1 Å². The molecule has 4 unspecified atom stereocenters. The third-order valence-corrected chi connectivity index (χ3v) is 5.89. The number of hydrogen-bond donors (Lipinski definition) is 4. The molecule has 0 radical (unpaired) electrons. The van der Waals surface area contributed by atoms with Gasteiger partial charge in [0.2, 0.25) is 0 Å². The van der Waals surface area contributed by atoms with Crippen molar-refractivity contribution in [3.05, 3.63) is 86.0 Å². The van der Waals surface area contributed by atoms with Crippen molar-refractivity contribution in [2.45, 2.75) is 37.5 Å². The van der Waals surface area contributed by atoms with Gasteiger partial charge < -0.3 is 39.4 Å². The molecule has 4 N–H and O–H groups in total. The number of hydrogen-bond acceptors (Lipinski definition) is 10. The lowest BCUT2D eigenvalue weighted by atomic mass is 10.1. The number of ether oxygens (including phenoxy) is 4. The van der Waals surface area contributed by atoms with Crippen molar-refractivity contribution in [1.82, 2.24) is 9.80 Å². The molecule has 0 saturated carbocycles. The maximum atomic E-state index is 10.5. The Kier molecular flexibility index (Phi) is 21.8. The van der Waals surface area contributed by atoms with Crippen LogP contribution in [0.15, 0.2) is 74.9 Å². The molecule has 10 nitrogen and oxygen atoms in total. The van der Waals surface area contributed by atoms with Crippen molar-refractivity contribution in [2.24, 2.45) is 0 Å². The molecule has 0 fully saturated rings. The molecular weight excluding hydrogens is 540 g/mol. The second kappa shape index (κ2) is 24.2. The van der Waals surface area contributed by atoms with Crippen LogP contribution in [0.4, 0.5) is 0 Å². The van der Waals surface area contributed by atoms with E-state index in [-0.39, 0.29) is 26.4 Å². The maximum absolute atomic E-state index is 10.5. The van der Waals surface area contributed by atoms with E-state index in [9.17, 15) is 20.4 Å². The van der Waals surface area contributed by atoms with Crippen LogP contribution in [0.2, 0.25) is 0 Å². The van der Waals surface area contributed by atoms with Gasteiger partial charge in [-0.05, 0) is 11.1 Å². The lowest BCUT2D eigenvalue weighted by Gasteiger charge is -2.28. The van der Waals surface area contributed by atoms with E-state index in [4.69, 9.17) is 18.9 Å². The number of aliphatic hydroxyl groups excluding tert-OH is 4. The summed E-state index contributed by atoms with van der Waals surface area (Å²) in [7, 11) is 0. The molecule has 0 spiro atoms. The van der Waals surface area contributed by atoms with E-state index in [0.29, 0.717) is 65.7 Å². The number of benzene rings is 1. The van der Waals surface area contributed by atoms with Crippen LogP contribution in [0.5, 0.6) is 0 Å². The van der Waals surface area contributed by atoms with E-state index < -0.39 is 24.4 Å². The monoisotopic (exact) mass is 592 g/mol. The average molecular weight is 593 g/mol. The zero-order valence-electron chi connectivity index (χ0n) is 25.0. The van der Waals surface area contributed by atoms with E-state index in [2.05, 4.69) is 26.3 Å². The van der Waals surface area contributed by atoms with Crippen LogP contribution in [0, 0.1) is 0 Å². The second-order valence-electron chi connectivity index (χ2n) is 10.1. The SMILES string of the molecule is C=CCOCC(O)CN(Cc1ccc(CN(CC(O)COCC=C)CC(O)COCC=C)cc1)CC(O)COCC=C. The third kappa shape index (κ3) is 19.1. The van der Waals surface area contributed by atoms with Crippen LogP contribution < -0.4 is 0 Å². The number of nitrogens with zero attached hydrogens (tertiary/aromatic N) is 2. The zero-order chi connectivity index (χ0) is 31.0. The standard InChI is InChI=1S/C32H52N2O8/c1-5-13-39-23-29(35)19-33(20-30(36)24-40-14-6-2)17-27-9-11-28(12-10-27)18-34(21-31(37)25-41-15-7-3)22-32(38)26-42-16-8-4/h5-12,29-32,35-38H,1-4,13-26H2. The van der Waals surface area contributed by atoms with Gasteiger partial charge in [-0.15, -0.1) is 26.3 Å². The molecule has 0 bridgehead atoms. The Morgan fingerprint density at radius 2 is 0.738 bits per heavy atom. The summed E-state index contributed by atoms with van der Waals surface area (Å²) in [5.74, 6) is 0. The largest absolute Gasteiger partial charge is 0.389 e. The Hall–Kier alpha value is -2.22. The van der Waals surface area contributed by atoms with Crippen LogP contribution in [-0.2, 0) is 32.0 Å². The van der Waals surface area contributed by atoms with E-state index in [1.165, 1.54) is 0 Å². The molecule has 4 atom stereocenters. The fourth-order valence-corrected chi connectivity index (χ4v) is 4.23. The second-order valence-corrected chi connectivity index (χ2v) is 10.1. The summed E-state index contributed by atoms with van der Waals surface area (Å²) < 4.78 is 21.5. The lowest BCUT2D eigenvalue weighted by molar-refractivity contribution is -0.00521. The van der Waals surface area contributed by atoms with E-state index in [1.807, 2.05) is 34.1 Å². The van der Waals surface area contributed by atoms with Gasteiger partial charge in [0.1, 0.15) is 0 Å². The van der Waals surface area contributed by atoms with Gasteiger partial charge in [-0.1, -0.05) is 48.6 Å². The first-order valence-corrected chi connectivity index (χ1v) is 14.3. The Labute approximate surface area is 251 Å². The Morgan fingerprint density at radius 1 is 0.500 bits per heavy atom. The minimum absolute atomic E-state index is 0.162. The molecule has 1 rings (SSSR count). The molecular formula is C32H52N2O8. The summed E-state index contributed by atoms with van der Waals surface area (Å²) in [6.07, 6.45) is 3.58. The molecule has 1 aromatic carbocycles. The van der Waals surface area contributed by atoms with Crippen LogP contribution in [0.3, 0.4) is 0 Å². The summed E-state index contributed by atoms with van der Waals surface area (Å²) in [4.78, 5) is 3.93. The highest BCUT2D eigenvalue weighted by molar-refractivity contribution is 5.22. The normalized spacial score (nSPS) is 14.4. The van der Waals surface area contributed by atoms with Crippen molar-refractivity contribution in [3.8, 4) is 0 Å². The first-order chi connectivity index (χ1) is 20.3. The fourth-order valence-electron chi connectivity index (χ4n) is 4.23. The Morgan fingerprint density at radius 3 is 0.952 bits per heavy atom. The van der Waals surface area contributed by atoms with Crippen molar-refractivity contribution in [3.63, 3.8) is 0 Å². The average Bonchev–Trinajstić information content (AvgIpc) is 2.94. The van der Waals surface area contributed by atoms with Gasteiger partial charge >= 0.3 is 0 Å². The van der Waals surface area contributed by atoms with Crippen LogP contribution in [0.25, 0.3) is 0 Å². The van der Waals surface area contributed by atoms with Crippen molar-refractivity contribution < 1.29 is 39.4 Å². The quantitative estimate of drug-likeness (QED) is 0.0842. The van der Waals surface area contributed by atoms with Crippen molar-refractivity contribution >= 4 is 0 Å². The number of rotatable bonds is 28. The third-order valence-electron chi connectivity index (χ3n) is 5.89. The van der Waals surface area contributed by atoms with Crippen LogP contribution in [-0.4, -0.2) is 134 Å². The van der Waals surface area contributed by atoms with E-state index in [1.54, 1.807) is 24.3 Å². The van der Waals surface area contributed by atoms with Crippen molar-refractivity contribution in [2.75, 3.05) is 79.0 Å². The molecule has 0 heterocycles. The highest BCUT2D eigenvalue weighted by Crippen LogP contribution is 2.13. The predicted molar refractivity (Wildman–Crippen MR) is 165 cm³/mol. The predicted octanol–water partition coefficient (Wildman–Crippen LogP) is 1.54. The molecule has 10 heteroatoms. The van der Waals surface area contributed by atoms with Gasteiger partial charge in [0.15, 0.2) is 0 Å². The smallest absolute Gasteiger partial charge is 0.0900 e. The molecule has 0 aliphatic rings. The summed E-state index contributed by atoms with van der Waals surface area (Å²) in [6.45, 7) is 18.8. The minimum atomic E-state index is -0.733. The van der Waals surface area contributed by atoms with Crippen LogP contribution >= 0.6 is 0 Å². The fraction of sp³-hybridized carbons (Fsp3) is 0.562. The van der Waals surface area contributed by atoms with Gasteiger partial charge in [-0.2, -0.15) is 0 Å². The molecule has 1 aromatic rings. The van der Waals surface area contributed by atoms with Gasteiger partial charge in [0.05, 0.1) is 77.3 Å². The molecule has 42 heavy (non-hydrogen) atoms. The summed E-state index contributed by atoms with van der Waals surface area (Å²) in [5, 5.41) is 41.9. The first kappa shape index (κ1) is 37.8. The van der Waals surface area contributed by atoms with E-state index >= 15 is 0 Å². The first-order valence-electron chi connectivity index (χ1n) is 14.3. The molecule has 0 aliphatic carbocycles. The Bertz CT molecular complexity index is 740. The minimum Gasteiger partial charge on any atom is -0.389 e. The molecule has 0 aromatic heterocycles. The summed E-state index contributed by atoms with van der Waals surface area (Å²) >= 11 is 0. The highest BCUT2D eigenvalue weighted by Gasteiger charge is 2.19. The lowest BCUT2D eigenvalue weighted by Crippen LogP contribution is -2.40. The van der Waals surface area contributed by atoms with Gasteiger partial charge in [-0.3, -0.25) is 9.80 Å². The molecule has 0 amide bonds. The van der Waals surface area contributed by atoms with Gasteiger partial charge in [0.25, 0.3) is 0 Å². The van der Waals surface area contributed by atoms with E-state index in [0.717, 1.165) is 11.1 Å². The molecule has 0 aliphatic heterocycles.